The van der Waals surface area contributed by atoms with Crippen LogP contribution in [0.5, 0.6) is 0 Å². The SMILES string of the molecule is Cc1nc(CN2CCC(Cn3nc(C4CC4)ccc3=O)CC2)cs1. The van der Waals surface area contributed by atoms with Crippen LogP contribution in [0, 0.1) is 12.8 Å². The lowest BCUT2D eigenvalue weighted by atomic mass is 9.97. The molecule has 24 heavy (non-hydrogen) atoms. The minimum Gasteiger partial charge on any atom is -0.297 e. The van der Waals surface area contributed by atoms with Gasteiger partial charge in [0.15, 0.2) is 0 Å². The molecule has 1 saturated heterocycles. The summed E-state index contributed by atoms with van der Waals surface area (Å²) in [4.78, 5) is 19.1. The average molecular weight is 344 g/mol. The topological polar surface area (TPSA) is 51.0 Å². The zero-order valence-electron chi connectivity index (χ0n) is 14.1. The van der Waals surface area contributed by atoms with E-state index in [0.29, 0.717) is 11.8 Å². The van der Waals surface area contributed by atoms with Gasteiger partial charge in [0.2, 0.25) is 0 Å². The summed E-state index contributed by atoms with van der Waals surface area (Å²) in [5.41, 5.74) is 2.33. The van der Waals surface area contributed by atoms with Gasteiger partial charge in [-0.05, 0) is 57.7 Å². The highest BCUT2D eigenvalue weighted by Crippen LogP contribution is 2.38. The van der Waals surface area contributed by atoms with Gasteiger partial charge in [0.05, 0.1) is 16.4 Å². The Morgan fingerprint density at radius 2 is 2.00 bits per heavy atom. The van der Waals surface area contributed by atoms with Crippen molar-refractivity contribution < 1.29 is 0 Å². The predicted octanol–water partition coefficient (Wildman–Crippen LogP) is 2.80. The molecule has 1 aliphatic carbocycles. The smallest absolute Gasteiger partial charge is 0.266 e. The van der Waals surface area contributed by atoms with Crippen LogP contribution in [0.2, 0.25) is 0 Å². The van der Waals surface area contributed by atoms with Crippen molar-refractivity contribution in [1.29, 1.82) is 0 Å². The van der Waals surface area contributed by atoms with Crippen molar-refractivity contribution in [3.05, 3.63) is 44.3 Å². The van der Waals surface area contributed by atoms with Gasteiger partial charge >= 0.3 is 0 Å². The van der Waals surface area contributed by atoms with Gasteiger partial charge in [-0.2, -0.15) is 5.10 Å². The monoisotopic (exact) mass is 344 g/mol. The molecule has 6 heteroatoms. The number of aromatic nitrogens is 3. The number of rotatable bonds is 5. The van der Waals surface area contributed by atoms with Gasteiger partial charge in [-0.15, -0.1) is 11.3 Å². The fourth-order valence-electron chi connectivity index (χ4n) is 3.47. The van der Waals surface area contributed by atoms with Gasteiger partial charge in [-0.1, -0.05) is 0 Å². The highest BCUT2D eigenvalue weighted by atomic mass is 32.1. The number of piperidine rings is 1. The number of nitrogens with zero attached hydrogens (tertiary/aromatic N) is 4. The highest BCUT2D eigenvalue weighted by molar-refractivity contribution is 7.09. The highest BCUT2D eigenvalue weighted by Gasteiger charge is 2.26. The zero-order valence-corrected chi connectivity index (χ0v) is 15.0. The third kappa shape index (κ3) is 3.75. The molecule has 2 aromatic heterocycles. The first kappa shape index (κ1) is 16.0. The summed E-state index contributed by atoms with van der Waals surface area (Å²) in [5.74, 6) is 1.15. The molecular weight excluding hydrogens is 320 g/mol. The van der Waals surface area contributed by atoms with E-state index in [2.05, 4.69) is 27.3 Å². The van der Waals surface area contributed by atoms with E-state index in [9.17, 15) is 4.79 Å². The Labute approximate surface area is 146 Å². The Kier molecular flexibility index (Phi) is 4.50. The van der Waals surface area contributed by atoms with Crippen LogP contribution < -0.4 is 5.56 Å². The molecule has 0 spiro atoms. The molecule has 2 aliphatic rings. The van der Waals surface area contributed by atoms with Gasteiger partial charge in [0.25, 0.3) is 5.56 Å². The molecule has 2 aromatic rings. The second-order valence-electron chi connectivity index (χ2n) is 7.13. The summed E-state index contributed by atoms with van der Waals surface area (Å²) in [6.45, 7) is 5.94. The number of hydrogen-bond acceptors (Lipinski definition) is 5. The lowest BCUT2D eigenvalue weighted by Crippen LogP contribution is -2.36. The normalized spacial score (nSPS) is 19.7. The van der Waals surface area contributed by atoms with E-state index in [0.717, 1.165) is 49.7 Å². The molecule has 128 valence electrons. The molecule has 3 heterocycles. The van der Waals surface area contributed by atoms with Crippen LogP contribution in [0.3, 0.4) is 0 Å². The van der Waals surface area contributed by atoms with E-state index in [1.807, 2.05) is 6.07 Å². The van der Waals surface area contributed by atoms with E-state index in [-0.39, 0.29) is 5.56 Å². The van der Waals surface area contributed by atoms with Crippen LogP contribution in [-0.2, 0) is 13.1 Å². The van der Waals surface area contributed by atoms with Gasteiger partial charge in [-0.3, -0.25) is 9.69 Å². The fraction of sp³-hybridized carbons (Fsp3) is 0.611. The Bertz CT molecular complexity index is 756. The Balaban J connectivity index is 1.33. The van der Waals surface area contributed by atoms with Crippen molar-refractivity contribution in [2.45, 2.75) is 51.6 Å². The standard InChI is InChI=1S/C18H24N4OS/c1-13-19-16(12-24-13)11-21-8-6-14(7-9-21)10-22-18(23)5-4-17(20-22)15-2-3-15/h4-5,12,14-15H,2-3,6-11H2,1H3. The first-order valence-electron chi connectivity index (χ1n) is 8.89. The lowest BCUT2D eigenvalue weighted by Gasteiger charge is -2.31. The number of aryl methyl sites for hydroxylation is 1. The maximum absolute atomic E-state index is 12.1. The Hall–Kier alpha value is -1.53. The summed E-state index contributed by atoms with van der Waals surface area (Å²) < 4.78 is 1.71. The van der Waals surface area contributed by atoms with Crippen LogP contribution in [0.1, 0.15) is 48.0 Å². The van der Waals surface area contributed by atoms with Crippen LogP contribution >= 0.6 is 11.3 Å². The Morgan fingerprint density at radius 3 is 2.67 bits per heavy atom. The molecule has 0 N–H and O–H groups in total. The fourth-order valence-corrected chi connectivity index (χ4v) is 4.08. The molecule has 0 amide bonds. The minimum absolute atomic E-state index is 0.0415. The number of likely N-dealkylation sites (tertiary alicyclic amines) is 1. The van der Waals surface area contributed by atoms with Gasteiger partial charge in [0, 0.05) is 30.5 Å². The average Bonchev–Trinajstić information content (AvgIpc) is 3.35. The van der Waals surface area contributed by atoms with E-state index in [1.165, 1.54) is 18.5 Å². The second kappa shape index (κ2) is 6.76. The van der Waals surface area contributed by atoms with Crippen molar-refractivity contribution >= 4 is 11.3 Å². The molecule has 0 aromatic carbocycles. The molecule has 0 unspecified atom stereocenters. The summed E-state index contributed by atoms with van der Waals surface area (Å²) >= 11 is 1.72. The van der Waals surface area contributed by atoms with E-state index < -0.39 is 0 Å². The predicted molar refractivity (Wildman–Crippen MR) is 95.3 cm³/mol. The molecule has 2 fully saturated rings. The van der Waals surface area contributed by atoms with Crippen molar-refractivity contribution in [2.24, 2.45) is 5.92 Å². The minimum atomic E-state index is 0.0415. The van der Waals surface area contributed by atoms with Crippen LogP contribution in [0.4, 0.5) is 0 Å². The van der Waals surface area contributed by atoms with E-state index in [1.54, 1.807) is 22.1 Å². The molecule has 0 atom stereocenters. The third-order valence-electron chi connectivity index (χ3n) is 5.07. The van der Waals surface area contributed by atoms with Crippen LogP contribution in [0.15, 0.2) is 22.3 Å². The second-order valence-corrected chi connectivity index (χ2v) is 8.19. The van der Waals surface area contributed by atoms with Crippen molar-refractivity contribution in [1.82, 2.24) is 19.7 Å². The van der Waals surface area contributed by atoms with Crippen molar-refractivity contribution in [2.75, 3.05) is 13.1 Å². The quantitative estimate of drug-likeness (QED) is 0.837. The summed E-state index contributed by atoms with van der Waals surface area (Å²) in [7, 11) is 0. The van der Waals surface area contributed by atoms with E-state index >= 15 is 0 Å². The molecule has 5 nitrogen and oxygen atoms in total. The number of thiazole rings is 1. The molecule has 1 aliphatic heterocycles. The van der Waals surface area contributed by atoms with Gasteiger partial charge in [-0.25, -0.2) is 9.67 Å². The van der Waals surface area contributed by atoms with Crippen LogP contribution in [-0.4, -0.2) is 32.8 Å². The maximum atomic E-state index is 12.1. The molecule has 4 rings (SSSR count). The van der Waals surface area contributed by atoms with Gasteiger partial charge < -0.3 is 0 Å². The molecular formula is C18H24N4OS. The largest absolute Gasteiger partial charge is 0.297 e. The number of hydrogen-bond donors (Lipinski definition) is 0. The molecule has 0 radical (unpaired) electrons. The van der Waals surface area contributed by atoms with Crippen molar-refractivity contribution in [3.63, 3.8) is 0 Å². The zero-order chi connectivity index (χ0) is 16.5. The van der Waals surface area contributed by atoms with Crippen LogP contribution in [0.25, 0.3) is 0 Å². The van der Waals surface area contributed by atoms with E-state index in [4.69, 9.17) is 0 Å². The first-order chi connectivity index (χ1) is 11.7. The Morgan fingerprint density at radius 1 is 1.21 bits per heavy atom. The molecule has 1 saturated carbocycles. The first-order valence-corrected chi connectivity index (χ1v) is 9.77. The van der Waals surface area contributed by atoms with Crippen molar-refractivity contribution in [3.8, 4) is 0 Å². The van der Waals surface area contributed by atoms with Gasteiger partial charge in [0.1, 0.15) is 0 Å². The molecule has 0 bridgehead atoms. The summed E-state index contributed by atoms with van der Waals surface area (Å²) in [6, 6.07) is 3.61. The third-order valence-corrected chi connectivity index (χ3v) is 5.90. The maximum Gasteiger partial charge on any atom is 0.266 e. The summed E-state index contributed by atoms with van der Waals surface area (Å²) in [5, 5.41) is 7.90. The lowest BCUT2D eigenvalue weighted by molar-refractivity contribution is 0.162. The summed E-state index contributed by atoms with van der Waals surface area (Å²) in [6.07, 6.45) is 4.70.